The molecule has 2 aromatic rings. The van der Waals surface area contributed by atoms with Crippen LogP contribution in [0.25, 0.3) is 0 Å². The van der Waals surface area contributed by atoms with Crippen molar-refractivity contribution in [2.75, 3.05) is 50.8 Å². The molecule has 9 heteroatoms. The first kappa shape index (κ1) is 23.8. The summed E-state index contributed by atoms with van der Waals surface area (Å²) in [5.41, 5.74) is 4.52. The smallest absolute Gasteiger partial charge is 0.274 e. The van der Waals surface area contributed by atoms with Crippen molar-refractivity contribution in [3.63, 3.8) is 0 Å². The Hall–Kier alpha value is -2.94. The van der Waals surface area contributed by atoms with Gasteiger partial charge in [0.2, 0.25) is 5.91 Å². The number of amides is 2. The van der Waals surface area contributed by atoms with E-state index in [1.165, 1.54) is 21.7 Å². The van der Waals surface area contributed by atoms with Gasteiger partial charge >= 0.3 is 0 Å². The van der Waals surface area contributed by atoms with Crippen molar-refractivity contribution in [3.05, 3.63) is 46.3 Å². The molecular weight excluding hydrogens is 449 g/mol. The molecule has 1 aliphatic carbocycles. The van der Waals surface area contributed by atoms with E-state index in [4.69, 9.17) is 0 Å². The Morgan fingerprint density at radius 2 is 1.86 bits per heavy atom. The zero-order valence-corrected chi connectivity index (χ0v) is 20.6. The Morgan fingerprint density at radius 1 is 1.09 bits per heavy atom. The molecular formula is C26H34FN5O3. The van der Waals surface area contributed by atoms with Crippen LogP contribution < -0.4 is 4.90 Å². The van der Waals surface area contributed by atoms with Crippen molar-refractivity contribution in [3.8, 4) is 0 Å². The molecule has 35 heavy (non-hydrogen) atoms. The van der Waals surface area contributed by atoms with Gasteiger partial charge in [-0.05, 0) is 56.7 Å². The summed E-state index contributed by atoms with van der Waals surface area (Å²) < 4.78 is 14.9. The second-order valence-corrected chi connectivity index (χ2v) is 10.2. The fourth-order valence-corrected chi connectivity index (χ4v) is 5.60. The van der Waals surface area contributed by atoms with Gasteiger partial charge in [0, 0.05) is 49.7 Å². The number of carbonyl (C=O) groups is 2. The van der Waals surface area contributed by atoms with Crippen molar-refractivity contribution in [2.45, 2.75) is 51.7 Å². The number of alkyl halides is 1. The molecule has 1 aromatic heterocycles. The first-order valence-electron chi connectivity index (χ1n) is 12.5. The SMILES string of the molecule is Cc1cccc(N2CCN(C(=O)Cn3nc(C(=O)N4CC[C@](O)(CF)C4)c4c3CCC4)CC2)c1C. The van der Waals surface area contributed by atoms with Crippen molar-refractivity contribution < 1.29 is 19.1 Å². The summed E-state index contributed by atoms with van der Waals surface area (Å²) in [6.45, 7) is 6.66. The van der Waals surface area contributed by atoms with Crippen LogP contribution in [-0.2, 0) is 24.2 Å². The number of aliphatic hydroxyl groups is 1. The van der Waals surface area contributed by atoms with Gasteiger partial charge in [-0.3, -0.25) is 14.3 Å². The van der Waals surface area contributed by atoms with Crippen molar-refractivity contribution in [1.29, 1.82) is 0 Å². The number of β-amino-alcohol motifs (C(OH)–C–C–N with tert-alkyl or cyclic N) is 1. The van der Waals surface area contributed by atoms with E-state index in [-0.39, 0.29) is 31.3 Å². The van der Waals surface area contributed by atoms with Crippen LogP contribution in [0.5, 0.6) is 0 Å². The van der Waals surface area contributed by atoms with Gasteiger partial charge in [-0.1, -0.05) is 12.1 Å². The molecule has 5 rings (SSSR count). The Kier molecular flexibility index (Phi) is 6.29. The van der Waals surface area contributed by atoms with E-state index < -0.39 is 12.3 Å². The molecule has 2 saturated heterocycles. The summed E-state index contributed by atoms with van der Waals surface area (Å²) in [6.07, 6.45) is 2.69. The number of anilines is 1. The average molecular weight is 484 g/mol. The van der Waals surface area contributed by atoms with Gasteiger partial charge in [-0.25, -0.2) is 4.39 Å². The molecule has 0 radical (unpaired) electrons. The highest BCUT2D eigenvalue weighted by Gasteiger charge is 2.40. The highest BCUT2D eigenvalue weighted by molar-refractivity contribution is 5.94. The molecule has 3 heterocycles. The van der Waals surface area contributed by atoms with Gasteiger partial charge in [0.25, 0.3) is 5.91 Å². The zero-order chi connectivity index (χ0) is 24.7. The largest absolute Gasteiger partial charge is 0.385 e. The fraction of sp³-hybridized carbons (Fsp3) is 0.577. The van der Waals surface area contributed by atoms with Crippen LogP contribution in [0.1, 0.15) is 45.7 Å². The first-order valence-corrected chi connectivity index (χ1v) is 12.5. The van der Waals surface area contributed by atoms with Gasteiger partial charge in [-0.2, -0.15) is 5.10 Å². The second-order valence-electron chi connectivity index (χ2n) is 10.2. The highest BCUT2D eigenvalue weighted by Crippen LogP contribution is 2.29. The lowest BCUT2D eigenvalue weighted by molar-refractivity contribution is -0.132. The maximum atomic E-state index is 13.2. The maximum absolute atomic E-state index is 13.2. The maximum Gasteiger partial charge on any atom is 0.274 e. The molecule has 1 atom stereocenters. The third-order valence-corrected chi connectivity index (χ3v) is 7.91. The molecule has 0 unspecified atom stereocenters. The van der Waals surface area contributed by atoms with Crippen LogP contribution >= 0.6 is 0 Å². The number of fused-ring (bicyclic) bond motifs is 1. The van der Waals surface area contributed by atoms with E-state index in [1.807, 2.05) is 4.90 Å². The summed E-state index contributed by atoms with van der Waals surface area (Å²) in [5.74, 6) is -0.268. The molecule has 188 valence electrons. The molecule has 0 saturated carbocycles. The molecule has 8 nitrogen and oxygen atoms in total. The number of benzene rings is 1. The molecule has 2 aliphatic heterocycles. The van der Waals surface area contributed by atoms with E-state index >= 15 is 0 Å². The van der Waals surface area contributed by atoms with Gasteiger partial charge in [0.15, 0.2) is 5.69 Å². The van der Waals surface area contributed by atoms with Crippen LogP contribution in [0.15, 0.2) is 18.2 Å². The Morgan fingerprint density at radius 3 is 2.57 bits per heavy atom. The van der Waals surface area contributed by atoms with E-state index in [0.29, 0.717) is 25.3 Å². The van der Waals surface area contributed by atoms with Crippen LogP contribution in [0.4, 0.5) is 10.1 Å². The monoisotopic (exact) mass is 483 g/mol. The van der Waals surface area contributed by atoms with E-state index in [9.17, 15) is 19.1 Å². The summed E-state index contributed by atoms with van der Waals surface area (Å²) in [4.78, 5) is 32.0. The van der Waals surface area contributed by atoms with Gasteiger partial charge in [-0.15, -0.1) is 0 Å². The number of nitrogens with zero attached hydrogens (tertiary/aromatic N) is 5. The molecule has 1 N–H and O–H groups in total. The Bertz CT molecular complexity index is 1140. The Labute approximate surface area is 205 Å². The van der Waals surface area contributed by atoms with Crippen molar-refractivity contribution in [1.82, 2.24) is 19.6 Å². The Balaban J connectivity index is 1.25. The summed E-state index contributed by atoms with van der Waals surface area (Å²) in [5, 5.41) is 14.8. The first-order chi connectivity index (χ1) is 16.8. The number of rotatable bonds is 5. The molecule has 0 bridgehead atoms. The highest BCUT2D eigenvalue weighted by atomic mass is 19.1. The fourth-order valence-electron chi connectivity index (χ4n) is 5.60. The third-order valence-electron chi connectivity index (χ3n) is 7.91. The van der Waals surface area contributed by atoms with Crippen LogP contribution in [0.3, 0.4) is 0 Å². The number of aromatic nitrogens is 2. The normalized spacial score (nSPS) is 22.1. The van der Waals surface area contributed by atoms with E-state index in [1.54, 1.807) is 4.68 Å². The minimum absolute atomic E-state index is 0.00906. The number of aryl methyl sites for hydroxylation is 1. The summed E-state index contributed by atoms with van der Waals surface area (Å²) >= 11 is 0. The number of likely N-dealkylation sites (tertiary alicyclic amines) is 1. The van der Waals surface area contributed by atoms with Gasteiger partial charge in [0.1, 0.15) is 18.8 Å². The van der Waals surface area contributed by atoms with Crippen LogP contribution in [0.2, 0.25) is 0 Å². The lowest BCUT2D eigenvalue weighted by atomic mass is 10.1. The number of carbonyl (C=O) groups excluding carboxylic acids is 2. The van der Waals surface area contributed by atoms with Crippen LogP contribution in [0, 0.1) is 13.8 Å². The van der Waals surface area contributed by atoms with Crippen LogP contribution in [-0.4, -0.2) is 88.0 Å². The lowest BCUT2D eigenvalue weighted by Crippen LogP contribution is -2.50. The minimum Gasteiger partial charge on any atom is -0.385 e. The standard InChI is InChI=1S/C26H34FN5O3/c1-18-5-3-7-21(19(18)2)29-11-13-30(14-12-29)23(33)15-32-22-8-4-6-20(22)24(28-32)25(34)31-10-9-26(35,16-27)17-31/h3,5,7,35H,4,6,8-17H2,1-2H3/t26-/m0/s1. The molecule has 3 aliphatic rings. The number of piperazine rings is 1. The molecule has 2 amide bonds. The van der Waals surface area contributed by atoms with E-state index in [2.05, 4.69) is 42.0 Å². The second kappa shape index (κ2) is 9.26. The predicted octanol–water partition coefficient (Wildman–Crippen LogP) is 1.88. The molecule has 0 spiro atoms. The zero-order valence-electron chi connectivity index (χ0n) is 20.6. The number of halogens is 1. The summed E-state index contributed by atoms with van der Waals surface area (Å²) in [7, 11) is 0. The van der Waals surface area contributed by atoms with Crippen molar-refractivity contribution >= 4 is 17.5 Å². The van der Waals surface area contributed by atoms with E-state index in [0.717, 1.165) is 43.6 Å². The quantitative estimate of drug-likeness (QED) is 0.703. The minimum atomic E-state index is -1.46. The molecule has 2 fully saturated rings. The van der Waals surface area contributed by atoms with Gasteiger partial charge < -0.3 is 19.8 Å². The summed E-state index contributed by atoms with van der Waals surface area (Å²) in [6, 6.07) is 6.33. The molecule has 1 aromatic carbocycles. The topological polar surface area (TPSA) is 81.9 Å². The predicted molar refractivity (Wildman–Crippen MR) is 130 cm³/mol. The lowest BCUT2D eigenvalue weighted by Gasteiger charge is -2.37. The number of hydrogen-bond acceptors (Lipinski definition) is 5. The van der Waals surface area contributed by atoms with Gasteiger partial charge in [0.05, 0.1) is 6.54 Å². The number of hydrogen-bond donors (Lipinski definition) is 1. The van der Waals surface area contributed by atoms with Crippen molar-refractivity contribution in [2.24, 2.45) is 0 Å². The third kappa shape index (κ3) is 4.42. The average Bonchev–Trinajstić information content (AvgIpc) is 3.58.